The number of carbonyl (C=O) groups excluding carboxylic acids is 2. The Labute approximate surface area is 158 Å². The molecule has 0 aliphatic heterocycles. The van der Waals surface area contributed by atoms with E-state index in [1.54, 1.807) is 24.3 Å². The van der Waals surface area contributed by atoms with Crippen LogP contribution in [0.4, 0.5) is 16.2 Å². The van der Waals surface area contributed by atoms with Gasteiger partial charge in [0, 0.05) is 18.3 Å². The zero-order valence-electron chi connectivity index (χ0n) is 15.0. The highest BCUT2D eigenvalue weighted by atomic mass is 16.2. The van der Waals surface area contributed by atoms with Gasteiger partial charge in [0.15, 0.2) is 0 Å². The number of urea groups is 1. The molecular formula is C22H21N3O2. The number of hydrogen-bond acceptors (Lipinski definition) is 2. The van der Waals surface area contributed by atoms with Crippen molar-refractivity contribution in [3.63, 3.8) is 0 Å². The highest BCUT2D eigenvalue weighted by Gasteiger charge is 2.16. The molecule has 0 fully saturated rings. The van der Waals surface area contributed by atoms with Gasteiger partial charge in [0.1, 0.15) is 0 Å². The normalized spacial score (nSPS) is 10.3. The summed E-state index contributed by atoms with van der Waals surface area (Å²) in [5.41, 5.74) is 3.32. The average Bonchev–Trinajstić information content (AvgIpc) is 2.69. The minimum Gasteiger partial charge on any atom is -0.327 e. The van der Waals surface area contributed by atoms with Crippen LogP contribution < -0.4 is 16.0 Å². The molecule has 136 valence electrons. The van der Waals surface area contributed by atoms with Crippen LogP contribution in [0.1, 0.15) is 24.1 Å². The number of carbonyl (C=O) groups is 2. The third-order valence-electron chi connectivity index (χ3n) is 4.00. The molecule has 0 saturated carbocycles. The monoisotopic (exact) mass is 359 g/mol. The summed E-state index contributed by atoms with van der Waals surface area (Å²) in [7, 11) is 0. The van der Waals surface area contributed by atoms with Crippen LogP contribution in [0.25, 0.3) is 0 Å². The van der Waals surface area contributed by atoms with Crippen molar-refractivity contribution < 1.29 is 9.59 Å². The Morgan fingerprint density at radius 1 is 0.667 bits per heavy atom. The number of rotatable bonds is 5. The SMILES string of the molecule is CC(=O)Nc1ccc(NC(=O)NC(c2ccccc2)c2ccccc2)cc1. The van der Waals surface area contributed by atoms with Crippen molar-refractivity contribution in [2.24, 2.45) is 0 Å². The molecule has 0 aliphatic rings. The second-order valence-electron chi connectivity index (χ2n) is 6.11. The lowest BCUT2D eigenvalue weighted by Gasteiger charge is -2.20. The Kier molecular flexibility index (Phi) is 5.84. The minimum atomic E-state index is -0.306. The van der Waals surface area contributed by atoms with Gasteiger partial charge in [-0.25, -0.2) is 4.79 Å². The van der Waals surface area contributed by atoms with E-state index in [-0.39, 0.29) is 18.0 Å². The van der Waals surface area contributed by atoms with Crippen molar-refractivity contribution >= 4 is 23.3 Å². The zero-order chi connectivity index (χ0) is 19.1. The van der Waals surface area contributed by atoms with Crippen molar-refractivity contribution in [2.45, 2.75) is 13.0 Å². The van der Waals surface area contributed by atoms with Crippen LogP contribution >= 0.6 is 0 Å². The molecule has 0 aliphatic carbocycles. The van der Waals surface area contributed by atoms with Crippen molar-refractivity contribution in [3.8, 4) is 0 Å². The molecule has 3 rings (SSSR count). The molecule has 0 aromatic heterocycles. The van der Waals surface area contributed by atoms with E-state index in [9.17, 15) is 9.59 Å². The van der Waals surface area contributed by atoms with Gasteiger partial charge in [0.2, 0.25) is 5.91 Å². The summed E-state index contributed by atoms with van der Waals surface area (Å²) >= 11 is 0. The van der Waals surface area contributed by atoms with Gasteiger partial charge in [-0.2, -0.15) is 0 Å². The maximum Gasteiger partial charge on any atom is 0.319 e. The fourth-order valence-electron chi connectivity index (χ4n) is 2.79. The van der Waals surface area contributed by atoms with Crippen molar-refractivity contribution in [1.29, 1.82) is 0 Å². The maximum absolute atomic E-state index is 12.5. The van der Waals surface area contributed by atoms with E-state index >= 15 is 0 Å². The lowest BCUT2D eigenvalue weighted by molar-refractivity contribution is -0.114. The lowest BCUT2D eigenvalue weighted by atomic mass is 9.99. The predicted octanol–water partition coefficient (Wildman–Crippen LogP) is 4.56. The summed E-state index contributed by atoms with van der Waals surface area (Å²) in [6.07, 6.45) is 0. The first-order chi connectivity index (χ1) is 13.1. The Bertz CT molecular complexity index is 854. The summed E-state index contributed by atoms with van der Waals surface area (Å²) < 4.78 is 0. The standard InChI is InChI=1S/C22H21N3O2/c1-16(26)23-19-12-14-20(15-13-19)24-22(27)25-21(17-8-4-2-5-9-17)18-10-6-3-7-11-18/h2-15,21H,1H3,(H,23,26)(H2,24,25,27). The van der Waals surface area contributed by atoms with E-state index in [1.807, 2.05) is 60.7 Å². The molecule has 3 aromatic rings. The number of hydrogen-bond donors (Lipinski definition) is 3. The highest BCUT2D eigenvalue weighted by Crippen LogP contribution is 2.22. The second kappa shape index (κ2) is 8.67. The topological polar surface area (TPSA) is 70.2 Å². The molecule has 0 heterocycles. The largest absolute Gasteiger partial charge is 0.327 e. The molecule has 3 N–H and O–H groups in total. The number of benzene rings is 3. The molecule has 0 unspecified atom stereocenters. The van der Waals surface area contributed by atoms with E-state index in [4.69, 9.17) is 0 Å². The molecule has 0 spiro atoms. The van der Waals surface area contributed by atoms with Crippen LogP contribution in [0.5, 0.6) is 0 Å². The molecule has 27 heavy (non-hydrogen) atoms. The second-order valence-corrected chi connectivity index (χ2v) is 6.11. The minimum absolute atomic E-state index is 0.137. The van der Waals surface area contributed by atoms with Gasteiger partial charge in [-0.05, 0) is 35.4 Å². The summed E-state index contributed by atoms with van der Waals surface area (Å²) in [4.78, 5) is 23.6. The van der Waals surface area contributed by atoms with Crippen LogP contribution in [0, 0.1) is 0 Å². The Morgan fingerprint density at radius 3 is 1.56 bits per heavy atom. The third kappa shape index (κ3) is 5.19. The van der Waals surface area contributed by atoms with Crippen molar-refractivity contribution in [1.82, 2.24) is 5.32 Å². The first-order valence-electron chi connectivity index (χ1n) is 8.67. The van der Waals surface area contributed by atoms with Gasteiger partial charge < -0.3 is 16.0 Å². The van der Waals surface area contributed by atoms with E-state index in [2.05, 4.69) is 16.0 Å². The van der Waals surface area contributed by atoms with Gasteiger partial charge in [-0.3, -0.25) is 4.79 Å². The number of amides is 3. The highest BCUT2D eigenvalue weighted by molar-refractivity contribution is 5.91. The smallest absolute Gasteiger partial charge is 0.319 e. The number of nitrogens with one attached hydrogen (secondary N) is 3. The fourth-order valence-corrected chi connectivity index (χ4v) is 2.79. The Balaban J connectivity index is 1.72. The first-order valence-corrected chi connectivity index (χ1v) is 8.67. The van der Waals surface area contributed by atoms with Crippen molar-refractivity contribution in [2.75, 3.05) is 10.6 Å². The van der Waals surface area contributed by atoms with E-state index in [0.29, 0.717) is 11.4 Å². The van der Waals surface area contributed by atoms with Gasteiger partial charge >= 0.3 is 6.03 Å². The zero-order valence-corrected chi connectivity index (χ0v) is 15.0. The number of anilines is 2. The van der Waals surface area contributed by atoms with Gasteiger partial charge in [0.25, 0.3) is 0 Å². The van der Waals surface area contributed by atoms with Crippen LogP contribution in [0.15, 0.2) is 84.9 Å². The third-order valence-corrected chi connectivity index (χ3v) is 4.00. The predicted molar refractivity (Wildman–Crippen MR) is 108 cm³/mol. The van der Waals surface area contributed by atoms with E-state index in [1.165, 1.54) is 6.92 Å². The van der Waals surface area contributed by atoms with Crippen molar-refractivity contribution in [3.05, 3.63) is 96.1 Å². The molecule has 0 saturated heterocycles. The summed E-state index contributed by atoms with van der Waals surface area (Å²) in [6.45, 7) is 1.45. The summed E-state index contributed by atoms with van der Waals surface area (Å²) in [6, 6.07) is 26.0. The van der Waals surface area contributed by atoms with E-state index in [0.717, 1.165) is 11.1 Å². The van der Waals surface area contributed by atoms with Crippen LogP contribution in [0.2, 0.25) is 0 Å². The maximum atomic E-state index is 12.5. The van der Waals surface area contributed by atoms with Crippen LogP contribution in [-0.2, 0) is 4.79 Å². The molecule has 0 bridgehead atoms. The molecule has 5 heteroatoms. The van der Waals surface area contributed by atoms with Gasteiger partial charge in [0.05, 0.1) is 6.04 Å². The Hall–Kier alpha value is -3.60. The van der Waals surface area contributed by atoms with E-state index < -0.39 is 0 Å². The molecule has 0 atom stereocenters. The Morgan fingerprint density at radius 2 is 1.11 bits per heavy atom. The van der Waals surface area contributed by atoms with Gasteiger partial charge in [-0.1, -0.05) is 60.7 Å². The van der Waals surface area contributed by atoms with Gasteiger partial charge in [-0.15, -0.1) is 0 Å². The average molecular weight is 359 g/mol. The summed E-state index contributed by atoms with van der Waals surface area (Å²) in [5.74, 6) is -0.137. The lowest BCUT2D eigenvalue weighted by Crippen LogP contribution is -2.33. The molecular weight excluding hydrogens is 338 g/mol. The summed E-state index contributed by atoms with van der Waals surface area (Å²) in [5, 5.41) is 8.55. The quantitative estimate of drug-likeness (QED) is 0.625. The molecule has 5 nitrogen and oxygen atoms in total. The molecule has 3 aromatic carbocycles. The van der Waals surface area contributed by atoms with Crippen LogP contribution in [0.3, 0.4) is 0 Å². The molecule has 3 amide bonds. The van der Waals surface area contributed by atoms with Crippen LogP contribution in [-0.4, -0.2) is 11.9 Å². The first kappa shape index (κ1) is 18.2. The molecule has 0 radical (unpaired) electrons. The fraction of sp³-hybridized carbons (Fsp3) is 0.0909.